The summed E-state index contributed by atoms with van der Waals surface area (Å²) in [7, 11) is 0. The maximum Gasteiger partial charge on any atom is 0.319 e. The van der Waals surface area contributed by atoms with Crippen molar-refractivity contribution in [1.82, 2.24) is 25.3 Å². The van der Waals surface area contributed by atoms with Gasteiger partial charge in [-0.1, -0.05) is 0 Å². The number of nitrogens with two attached hydrogens (primary N) is 1. The number of aromatic nitrogens is 4. The number of nitriles is 1. The minimum Gasteiger partial charge on any atom is -0.488 e. The number of hydrogen-bond acceptors (Lipinski definition) is 10. The average Bonchev–Trinajstić information content (AvgIpc) is 3.79. The fraction of sp³-hybridized carbons (Fsp3) is 0.565. The van der Waals surface area contributed by atoms with E-state index in [2.05, 4.69) is 36.2 Å². The Balaban J connectivity index is 1.23. The van der Waals surface area contributed by atoms with Gasteiger partial charge < -0.3 is 25.4 Å². The maximum atomic E-state index is 12.7. The van der Waals surface area contributed by atoms with Crippen LogP contribution in [-0.4, -0.2) is 58.2 Å². The van der Waals surface area contributed by atoms with E-state index in [9.17, 15) is 10.1 Å². The molecule has 2 saturated carbocycles. The van der Waals surface area contributed by atoms with Crippen LogP contribution in [0.15, 0.2) is 18.6 Å². The van der Waals surface area contributed by atoms with Crippen LogP contribution in [0.25, 0.3) is 0 Å². The lowest BCUT2D eigenvalue weighted by molar-refractivity contribution is 0.0944. The van der Waals surface area contributed by atoms with Gasteiger partial charge in [-0.25, -0.2) is 9.97 Å². The summed E-state index contributed by atoms with van der Waals surface area (Å²) in [6.07, 6.45) is 8.38. The number of nitrogens with one attached hydrogen (secondary N) is 1. The predicted molar refractivity (Wildman–Crippen MR) is 122 cm³/mol. The van der Waals surface area contributed by atoms with E-state index in [1.807, 2.05) is 0 Å². The molecule has 1 saturated heterocycles. The molecule has 3 heterocycles. The molecule has 0 atom stereocenters. The number of nitrogen functional groups attached to an aromatic ring is 1. The minimum absolute atomic E-state index is 0.144. The summed E-state index contributed by atoms with van der Waals surface area (Å²) in [6.45, 7) is 2.30. The Bertz CT molecular complexity index is 1090. The molecule has 11 nitrogen and oxygen atoms in total. The molecule has 1 aliphatic heterocycles. The largest absolute Gasteiger partial charge is 0.488 e. The summed E-state index contributed by atoms with van der Waals surface area (Å²) in [5.74, 6) is 1.63. The van der Waals surface area contributed by atoms with Crippen LogP contribution in [0.3, 0.4) is 0 Å². The molecule has 34 heavy (non-hydrogen) atoms. The van der Waals surface area contributed by atoms with E-state index in [4.69, 9.17) is 15.2 Å². The van der Waals surface area contributed by atoms with Crippen molar-refractivity contribution in [3.63, 3.8) is 0 Å². The summed E-state index contributed by atoms with van der Waals surface area (Å²) in [5, 5.41) is 12.3. The van der Waals surface area contributed by atoms with Crippen molar-refractivity contribution >= 4 is 17.5 Å². The molecule has 0 bridgehead atoms. The van der Waals surface area contributed by atoms with E-state index in [0.29, 0.717) is 35.6 Å². The summed E-state index contributed by atoms with van der Waals surface area (Å²) in [6, 6.07) is 4.40. The van der Waals surface area contributed by atoms with Crippen LogP contribution < -0.4 is 25.4 Å². The van der Waals surface area contributed by atoms with E-state index in [-0.39, 0.29) is 24.6 Å². The maximum absolute atomic E-state index is 12.7. The van der Waals surface area contributed by atoms with Crippen LogP contribution in [0.4, 0.5) is 11.6 Å². The van der Waals surface area contributed by atoms with Gasteiger partial charge in [-0.3, -0.25) is 4.79 Å². The molecular formula is C23H28N8O3. The lowest BCUT2D eigenvalue weighted by Gasteiger charge is -2.32. The first-order valence-corrected chi connectivity index (χ1v) is 11.7. The minimum atomic E-state index is -0.443. The molecule has 0 aromatic carbocycles. The molecule has 5 rings (SSSR count). The van der Waals surface area contributed by atoms with Crippen molar-refractivity contribution in [3.05, 3.63) is 24.3 Å². The molecule has 3 fully saturated rings. The number of carbonyl (C=O) groups is 1. The van der Waals surface area contributed by atoms with E-state index in [0.717, 1.165) is 51.6 Å². The second kappa shape index (κ2) is 9.29. The first-order chi connectivity index (χ1) is 16.5. The third-order valence-corrected chi connectivity index (χ3v) is 6.53. The molecule has 0 spiro atoms. The second-order valence-electron chi connectivity index (χ2n) is 9.34. The van der Waals surface area contributed by atoms with Gasteiger partial charge in [0, 0.05) is 25.2 Å². The lowest BCUT2D eigenvalue weighted by atomic mass is 9.98. The van der Waals surface area contributed by atoms with Gasteiger partial charge in [0.1, 0.15) is 24.4 Å². The average molecular weight is 465 g/mol. The third-order valence-electron chi connectivity index (χ3n) is 6.53. The molecule has 3 aliphatic rings. The van der Waals surface area contributed by atoms with Crippen LogP contribution in [0.1, 0.15) is 49.0 Å². The molecule has 2 aromatic rings. The van der Waals surface area contributed by atoms with E-state index in [1.54, 1.807) is 12.3 Å². The highest BCUT2D eigenvalue weighted by atomic mass is 16.5. The zero-order valence-electron chi connectivity index (χ0n) is 18.9. The fourth-order valence-electron chi connectivity index (χ4n) is 3.86. The topological polar surface area (TPSA) is 152 Å². The van der Waals surface area contributed by atoms with Crippen molar-refractivity contribution in [1.29, 1.82) is 5.26 Å². The van der Waals surface area contributed by atoms with Crippen LogP contribution in [0.2, 0.25) is 0 Å². The van der Waals surface area contributed by atoms with Crippen LogP contribution in [0, 0.1) is 22.7 Å². The fourth-order valence-corrected chi connectivity index (χ4v) is 3.86. The summed E-state index contributed by atoms with van der Waals surface area (Å²) in [4.78, 5) is 31.6. The standard InChI is InChI=1S/C23H28N8O3/c24-12-23(5-6-23)13-34-22-29-17(21(32)28-16-1-2-16)9-19(30-22)31-7-3-15(4-8-31)11-33-18-10-26-14-27-20(18)25/h9-10,14-16H,1-8,11,13H2,(H,28,32)(H2,25,26,27). The Morgan fingerprint density at radius 2 is 2.03 bits per heavy atom. The Hall–Kier alpha value is -3.68. The molecule has 2 aromatic heterocycles. The second-order valence-corrected chi connectivity index (χ2v) is 9.34. The number of piperidine rings is 1. The van der Waals surface area contributed by atoms with Crippen LogP contribution in [-0.2, 0) is 0 Å². The molecule has 178 valence electrons. The highest BCUT2D eigenvalue weighted by Crippen LogP contribution is 2.45. The number of nitrogens with zero attached hydrogens (tertiary/aromatic N) is 6. The first kappa shape index (κ1) is 22.1. The predicted octanol–water partition coefficient (Wildman–Crippen LogP) is 1.72. The molecular weight excluding hydrogens is 436 g/mol. The van der Waals surface area contributed by atoms with E-state index in [1.165, 1.54) is 6.33 Å². The van der Waals surface area contributed by atoms with Crippen molar-refractivity contribution < 1.29 is 14.3 Å². The Morgan fingerprint density at radius 1 is 1.24 bits per heavy atom. The van der Waals surface area contributed by atoms with Gasteiger partial charge in [-0.2, -0.15) is 15.2 Å². The zero-order chi connectivity index (χ0) is 23.5. The molecule has 0 unspecified atom stereocenters. The normalized spacial score (nSPS) is 19.2. The number of anilines is 2. The van der Waals surface area contributed by atoms with Gasteiger partial charge in [-0.15, -0.1) is 0 Å². The molecule has 3 N–H and O–H groups in total. The van der Waals surface area contributed by atoms with Crippen molar-refractivity contribution in [2.75, 3.05) is 36.9 Å². The zero-order valence-corrected chi connectivity index (χ0v) is 18.9. The van der Waals surface area contributed by atoms with Crippen LogP contribution >= 0.6 is 0 Å². The molecule has 2 aliphatic carbocycles. The van der Waals surface area contributed by atoms with Gasteiger partial charge in [-0.05, 0) is 44.4 Å². The Labute approximate surface area is 197 Å². The highest BCUT2D eigenvalue weighted by Gasteiger charge is 2.44. The summed E-state index contributed by atoms with van der Waals surface area (Å²) < 4.78 is 11.6. The summed E-state index contributed by atoms with van der Waals surface area (Å²) in [5.41, 5.74) is 5.67. The van der Waals surface area contributed by atoms with Gasteiger partial charge in [0.15, 0.2) is 11.6 Å². The highest BCUT2D eigenvalue weighted by molar-refractivity contribution is 5.93. The third kappa shape index (κ3) is 5.27. The first-order valence-electron chi connectivity index (χ1n) is 11.7. The molecule has 11 heteroatoms. The molecule has 0 radical (unpaired) electrons. The lowest BCUT2D eigenvalue weighted by Crippen LogP contribution is -2.36. The number of rotatable bonds is 9. The van der Waals surface area contributed by atoms with Crippen molar-refractivity contribution in [2.24, 2.45) is 11.3 Å². The SMILES string of the molecule is N#CC1(COc2nc(C(=O)NC3CC3)cc(N3CCC(COc4cncnc4N)CC3)n2)CC1. The Morgan fingerprint density at radius 3 is 2.71 bits per heavy atom. The smallest absolute Gasteiger partial charge is 0.319 e. The van der Waals surface area contributed by atoms with Crippen molar-refractivity contribution in [2.45, 2.75) is 44.6 Å². The van der Waals surface area contributed by atoms with Gasteiger partial charge in [0.2, 0.25) is 0 Å². The Kier molecular flexibility index (Phi) is 6.04. The van der Waals surface area contributed by atoms with Gasteiger partial charge in [0.25, 0.3) is 5.91 Å². The van der Waals surface area contributed by atoms with Gasteiger partial charge in [0.05, 0.1) is 24.3 Å². The quantitative estimate of drug-likeness (QED) is 0.561. The number of amides is 1. The molecule has 1 amide bonds. The monoisotopic (exact) mass is 464 g/mol. The van der Waals surface area contributed by atoms with Crippen molar-refractivity contribution in [3.8, 4) is 17.8 Å². The summed E-state index contributed by atoms with van der Waals surface area (Å²) >= 11 is 0. The number of hydrogen-bond donors (Lipinski definition) is 2. The van der Waals surface area contributed by atoms with Crippen LogP contribution in [0.5, 0.6) is 11.8 Å². The number of carbonyl (C=O) groups excluding carboxylic acids is 1. The number of ether oxygens (including phenoxy) is 2. The van der Waals surface area contributed by atoms with E-state index < -0.39 is 5.41 Å². The van der Waals surface area contributed by atoms with E-state index >= 15 is 0 Å². The van der Waals surface area contributed by atoms with Gasteiger partial charge >= 0.3 is 6.01 Å².